The lowest BCUT2D eigenvalue weighted by molar-refractivity contribution is 0.136. The van der Waals surface area contributed by atoms with Gasteiger partial charge in [-0.2, -0.15) is 0 Å². The Bertz CT molecular complexity index is 239. The van der Waals surface area contributed by atoms with Gasteiger partial charge in [-0.3, -0.25) is 4.99 Å². The number of nitrogens with one attached hydrogen (secondary N) is 1. The number of guanidine groups is 1. The monoisotopic (exact) mass is 371 g/mol. The predicted molar refractivity (Wildman–Crippen MR) is 84.4 cm³/mol. The molecule has 6 heteroatoms. The van der Waals surface area contributed by atoms with Gasteiger partial charge in [0.1, 0.15) is 0 Å². The highest BCUT2D eigenvalue weighted by Crippen LogP contribution is 2.25. The van der Waals surface area contributed by atoms with E-state index in [-0.39, 0.29) is 30.1 Å². The van der Waals surface area contributed by atoms with Gasteiger partial charge in [0.25, 0.3) is 0 Å². The molecule has 108 valence electrons. The van der Waals surface area contributed by atoms with Crippen LogP contribution in [0.25, 0.3) is 0 Å². The molecular formula is C12H26IN3O2. The van der Waals surface area contributed by atoms with Crippen molar-refractivity contribution in [1.29, 1.82) is 0 Å². The lowest BCUT2D eigenvalue weighted by atomic mass is 10.1. The first-order chi connectivity index (χ1) is 8.24. The Balaban J connectivity index is 0.00000289. The fourth-order valence-corrected chi connectivity index (χ4v) is 2.04. The first kappa shape index (κ1) is 17.9. The molecule has 2 unspecified atom stereocenters. The van der Waals surface area contributed by atoms with E-state index in [1.165, 1.54) is 0 Å². The maximum Gasteiger partial charge on any atom is 0.188 e. The first-order valence-corrected chi connectivity index (χ1v) is 6.53. The molecule has 1 rings (SSSR count). The summed E-state index contributed by atoms with van der Waals surface area (Å²) >= 11 is 0. The highest BCUT2D eigenvalue weighted by Gasteiger charge is 2.24. The van der Waals surface area contributed by atoms with Gasteiger partial charge in [-0.25, -0.2) is 0 Å². The predicted octanol–water partition coefficient (Wildman–Crippen LogP) is 1.10. The van der Waals surface area contributed by atoms with E-state index in [4.69, 9.17) is 10.5 Å². The second-order valence-corrected chi connectivity index (χ2v) is 4.46. The molecule has 0 aliphatic heterocycles. The van der Waals surface area contributed by atoms with Crippen molar-refractivity contribution in [2.75, 3.05) is 26.3 Å². The summed E-state index contributed by atoms with van der Waals surface area (Å²) in [5.41, 5.74) is 5.73. The molecular weight excluding hydrogens is 345 g/mol. The number of nitrogens with zero attached hydrogens (tertiary/aromatic N) is 1. The Kier molecular flexibility index (Phi) is 10.8. The average Bonchev–Trinajstić information content (AvgIpc) is 2.72. The molecule has 5 nitrogen and oxygen atoms in total. The molecule has 2 atom stereocenters. The molecule has 0 saturated heterocycles. The number of halogens is 1. The van der Waals surface area contributed by atoms with Crippen molar-refractivity contribution in [3.8, 4) is 0 Å². The summed E-state index contributed by atoms with van der Waals surface area (Å²) in [6, 6.07) is 0. The van der Waals surface area contributed by atoms with Crippen molar-refractivity contribution in [2.45, 2.75) is 38.7 Å². The topological polar surface area (TPSA) is 79.9 Å². The third-order valence-electron chi connectivity index (χ3n) is 3.09. The SMILES string of the molecule is CCOCCCNC(N)=NCC1CCCC1O.I. The van der Waals surface area contributed by atoms with Gasteiger partial charge in [-0.1, -0.05) is 6.42 Å². The maximum atomic E-state index is 9.63. The molecule has 0 aromatic rings. The van der Waals surface area contributed by atoms with Crippen molar-refractivity contribution >= 4 is 29.9 Å². The van der Waals surface area contributed by atoms with E-state index in [0.29, 0.717) is 18.4 Å². The molecule has 0 bridgehead atoms. The zero-order valence-corrected chi connectivity index (χ0v) is 13.4. The molecule has 0 heterocycles. The smallest absolute Gasteiger partial charge is 0.188 e. The van der Waals surface area contributed by atoms with E-state index in [1.807, 2.05) is 6.92 Å². The van der Waals surface area contributed by atoms with Crippen LogP contribution in [0.3, 0.4) is 0 Å². The fraction of sp³-hybridized carbons (Fsp3) is 0.917. The van der Waals surface area contributed by atoms with E-state index in [9.17, 15) is 5.11 Å². The molecule has 18 heavy (non-hydrogen) atoms. The summed E-state index contributed by atoms with van der Waals surface area (Å²) in [5, 5.41) is 12.7. The summed E-state index contributed by atoms with van der Waals surface area (Å²) in [4.78, 5) is 4.26. The van der Waals surface area contributed by atoms with Crippen LogP contribution in [-0.4, -0.2) is 43.5 Å². The van der Waals surface area contributed by atoms with Crippen molar-refractivity contribution in [3.63, 3.8) is 0 Å². The Morgan fingerprint density at radius 3 is 2.89 bits per heavy atom. The summed E-state index contributed by atoms with van der Waals surface area (Å²) in [6.07, 6.45) is 3.80. The van der Waals surface area contributed by atoms with Gasteiger partial charge < -0.3 is 20.9 Å². The van der Waals surface area contributed by atoms with Crippen LogP contribution < -0.4 is 11.1 Å². The minimum Gasteiger partial charge on any atom is -0.393 e. The minimum absolute atomic E-state index is 0. The number of rotatable bonds is 7. The lowest BCUT2D eigenvalue weighted by Gasteiger charge is -2.12. The van der Waals surface area contributed by atoms with Crippen molar-refractivity contribution in [2.24, 2.45) is 16.6 Å². The molecule has 0 aromatic carbocycles. The van der Waals surface area contributed by atoms with Gasteiger partial charge in [0.15, 0.2) is 5.96 Å². The maximum absolute atomic E-state index is 9.63. The lowest BCUT2D eigenvalue weighted by Crippen LogP contribution is -2.33. The number of hydrogen-bond donors (Lipinski definition) is 3. The number of hydrogen-bond acceptors (Lipinski definition) is 3. The van der Waals surface area contributed by atoms with Gasteiger partial charge in [-0.15, -0.1) is 24.0 Å². The van der Waals surface area contributed by atoms with E-state index in [2.05, 4.69) is 10.3 Å². The van der Waals surface area contributed by atoms with Gasteiger partial charge in [0.05, 0.1) is 6.10 Å². The van der Waals surface area contributed by atoms with E-state index in [1.54, 1.807) is 0 Å². The van der Waals surface area contributed by atoms with Gasteiger partial charge >= 0.3 is 0 Å². The van der Waals surface area contributed by atoms with Gasteiger partial charge in [-0.05, 0) is 26.2 Å². The van der Waals surface area contributed by atoms with Crippen LogP contribution in [0.1, 0.15) is 32.6 Å². The van der Waals surface area contributed by atoms with Crippen LogP contribution in [0, 0.1) is 5.92 Å². The zero-order chi connectivity index (χ0) is 12.5. The Morgan fingerprint density at radius 1 is 1.50 bits per heavy atom. The second-order valence-electron chi connectivity index (χ2n) is 4.46. The van der Waals surface area contributed by atoms with E-state index >= 15 is 0 Å². The summed E-state index contributed by atoms with van der Waals surface area (Å²) in [5.74, 6) is 0.763. The Morgan fingerprint density at radius 2 is 2.28 bits per heavy atom. The van der Waals surface area contributed by atoms with Crippen molar-refractivity contribution in [1.82, 2.24) is 5.32 Å². The number of aliphatic hydroxyl groups is 1. The first-order valence-electron chi connectivity index (χ1n) is 6.53. The average molecular weight is 371 g/mol. The molecule has 1 saturated carbocycles. The van der Waals surface area contributed by atoms with Crippen molar-refractivity contribution < 1.29 is 9.84 Å². The Hall–Kier alpha value is -0.0800. The molecule has 0 aromatic heterocycles. The molecule has 0 spiro atoms. The molecule has 1 fully saturated rings. The normalized spacial score (nSPS) is 23.8. The van der Waals surface area contributed by atoms with Gasteiger partial charge in [0.2, 0.25) is 0 Å². The number of aliphatic hydroxyl groups excluding tert-OH is 1. The summed E-state index contributed by atoms with van der Waals surface area (Å²) < 4.78 is 5.22. The fourth-order valence-electron chi connectivity index (χ4n) is 2.04. The van der Waals surface area contributed by atoms with Crippen LogP contribution >= 0.6 is 24.0 Å². The largest absolute Gasteiger partial charge is 0.393 e. The third-order valence-corrected chi connectivity index (χ3v) is 3.09. The van der Waals surface area contributed by atoms with E-state index in [0.717, 1.165) is 45.4 Å². The third kappa shape index (κ3) is 7.38. The van der Waals surface area contributed by atoms with Crippen LogP contribution in [-0.2, 0) is 4.74 Å². The number of aliphatic imine (C=N–C) groups is 1. The standard InChI is InChI=1S/C12H25N3O2.HI/c1-2-17-8-4-7-14-12(13)15-9-10-5-3-6-11(10)16;/h10-11,16H,2-9H2,1H3,(H3,13,14,15);1H. The second kappa shape index (κ2) is 10.8. The molecule has 0 amide bonds. The quantitative estimate of drug-likeness (QED) is 0.271. The summed E-state index contributed by atoms with van der Waals surface area (Å²) in [6.45, 7) is 4.89. The molecule has 4 N–H and O–H groups in total. The van der Waals surface area contributed by atoms with Crippen LogP contribution in [0.2, 0.25) is 0 Å². The molecule has 0 radical (unpaired) electrons. The zero-order valence-electron chi connectivity index (χ0n) is 11.1. The van der Waals surface area contributed by atoms with Gasteiger partial charge in [0, 0.05) is 32.2 Å². The highest BCUT2D eigenvalue weighted by molar-refractivity contribution is 14.0. The highest BCUT2D eigenvalue weighted by atomic mass is 127. The number of nitrogens with two attached hydrogens (primary N) is 1. The van der Waals surface area contributed by atoms with Crippen LogP contribution in [0.4, 0.5) is 0 Å². The van der Waals surface area contributed by atoms with Crippen LogP contribution in [0.15, 0.2) is 4.99 Å². The minimum atomic E-state index is -0.190. The molecule has 1 aliphatic carbocycles. The number of ether oxygens (including phenoxy) is 1. The van der Waals surface area contributed by atoms with Crippen molar-refractivity contribution in [3.05, 3.63) is 0 Å². The van der Waals surface area contributed by atoms with E-state index < -0.39 is 0 Å². The molecule has 1 aliphatic rings. The van der Waals surface area contributed by atoms with Crippen LogP contribution in [0.5, 0.6) is 0 Å². The summed E-state index contributed by atoms with van der Waals surface area (Å²) in [7, 11) is 0. The Labute approximate surface area is 127 Å².